The fourth-order valence-corrected chi connectivity index (χ4v) is 4.28. The van der Waals surface area contributed by atoms with Gasteiger partial charge in [0.2, 0.25) is 0 Å². The highest BCUT2D eigenvalue weighted by molar-refractivity contribution is 5.90. The molecular weight excluding hydrogens is 439 g/mol. The maximum Gasteiger partial charge on any atom is 0.330 e. The molecule has 1 amide bonds. The number of H-pyrrole nitrogens is 2. The number of halogens is 1. The van der Waals surface area contributed by atoms with Gasteiger partial charge in [-0.05, 0) is 42.9 Å². The number of aromatic amines is 2. The van der Waals surface area contributed by atoms with Crippen molar-refractivity contribution in [2.24, 2.45) is 11.7 Å². The first-order valence-electron chi connectivity index (χ1n) is 11.0. The van der Waals surface area contributed by atoms with E-state index >= 15 is 0 Å². The molecule has 1 aromatic carbocycles. The number of hydrogen-bond donors (Lipinski definition) is 3. The molecule has 0 bridgehead atoms. The maximum absolute atomic E-state index is 14.5. The van der Waals surface area contributed by atoms with Gasteiger partial charge in [0.1, 0.15) is 22.9 Å². The molecule has 4 aromatic rings. The second kappa shape index (κ2) is 8.69. The van der Waals surface area contributed by atoms with Crippen LogP contribution in [0.1, 0.15) is 52.8 Å². The van der Waals surface area contributed by atoms with Crippen LogP contribution in [0.15, 0.2) is 46.0 Å². The van der Waals surface area contributed by atoms with Crippen LogP contribution in [-0.4, -0.2) is 30.4 Å². The molecule has 1 aliphatic carbocycles. The SMILES string of the molecule is NC(=O)c1[c]ccc(C(Cc2ccccc2F)c2nc3c([nH]2)c(=O)[nH]c(=O)n3CC2CCC2)n1. The Hall–Kier alpha value is -4.08. The number of nitrogens with one attached hydrogen (secondary N) is 2. The highest BCUT2D eigenvalue weighted by Crippen LogP contribution is 2.30. The standard InChI is InChI=1S/C24H22FN6O3/c25-16-8-2-1-7-14(16)11-15(17-9-4-10-18(27-17)20(26)32)21-28-19-22(29-21)31(12-13-5-3-6-13)24(34)30-23(19)33/h1-2,4,7-9,13,15H,3,5-6,11-12H2,(H2,26,32)(H,28,29)(H,30,33,34). The topological polar surface area (TPSA) is 140 Å². The van der Waals surface area contributed by atoms with E-state index in [-0.39, 0.29) is 23.3 Å². The van der Waals surface area contributed by atoms with Crippen molar-refractivity contribution in [3.05, 3.63) is 91.9 Å². The first kappa shape index (κ1) is 21.7. The lowest BCUT2D eigenvalue weighted by atomic mass is 9.85. The molecule has 3 heterocycles. The number of carbonyl (C=O) groups excluding carboxylic acids is 1. The number of hydrogen-bond acceptors (Lipinski definition) is 5. The van der Waals surface area contributed by atoms with Crippen LogP contribution in [0.2, 0.25) is 0 Å². The quantitative estimate of drug-likeness (QED) is 0.386. The van der Waals surface area contributed by atoms with Crippen LogP contribution in [-0.2, 0) is 13.0 Å². The van der Waals surface area contributed by atoms with Crippen LogP contribution >= 0.6 is 0 Å². The zero-order valence-corrected chi connectivity index (χ0v) is 18.2. The third-order valence-electron chi connectivity index (χ3n) is 6.33. The van der Waals surface area contributed by atoms with Crippen molar-refractivity contribution in [2.45, 2.75) is 38.1 Å². The Morgan fingerprint density at radius 3 is 2.71 bits per heavy atom. The fourth-order valence-electron chi connectivity index (χ4n) is 4.28. The Labute approximate surface area is 192 Å². The Bertz CT molecular complexity index is 1500. The summed E-state index contributed by atoms with van der Waals surface area (Å²) in [4.78, 5) is 51.1. The summed E-state index contributed by atoms with van der Waals surface area (Å²) in [6.45, 7) is 0.457. The first-order valence-corrected chi connectivity index (χ1v) is 11.0. The number of primary amides is 1. The van der Waals surface area contributed by atoms with Crippen LogP contribution in [0.3, 0.4) is 0 Å². The average Bonchev–Trinajstić information content (AvgIpc) is 3.23. The van der Waals surface area contributed by atoms with Gasteiger partial charge in [0.15, 0.2) is 5.65 Å². The van der Waals surface area contributed by atoms with Crippen LogP contribution in [0.5, 0.6) is 0 Å². The lowest BCUT2D eigenvalue weighted by Gasteiger charge is -2.25. The largest absolute Gasteiger partial charge is 0.364 e. The number of amides is 1. The summed E-state index contributed by atoms with van der Waals surface area (Å²) in [7, 11) is 0. The van der Waals surface area contributed by atoms with Gasteiger partial charge in [-0.15, -0.1) is 0 Å². The number of nitrogens with zero attached hydrogens (tertiary/aromatic N) is 3. The molecule has 5 rings (SSSR count). The summed E-state index contributed by atoms with van der Waals surface area (Å²) in [6, 6.07) is 12.1. The summed E-state index contributed by atoms with van der Waals surface area (Å²) in [5.41, 5.74) is 5.43. The second-order valence-electron chi connectivity index (χ2n) is 8.56. The minimum atomic E-state index is -0.748. The second-order valence-corrected chi connectivity index (χ2v) is 8.56. The predicted molar refractivity (Wildman–Crippen MR) is 122 cm³/mol. The molecule has 1 aliphatic rings. The lowest BCUT2D eigenvalue weighted by molar-refractivity contribution is 0.0995. The van der Waals surface area contributed by atoms with E-state index in [4.69, 9.17) is 5.73 Å². The van der Waals surface area contributed by atoms with E-state index in [1.807, 2.05) is 0 Å². The van der Waals surface area contributed by atoms with Crippen LogP contribution in [0, 0.1) is 17.8 Å². The van der Waals surface area contributed by atoms with Gasteiger partial charge in [0.05, 0.1) is 11.6 Å². The number of nitrogens with two attached hydrogens (primary N) is 1. The Morgan fingerprint density at radius 2 is 2.00 bits per heavy atom. The number of carbonyl (C=O) groups is 1. The molecular formula is C24H22FN6O3. The maximum atomic E-state index is 14.5. The summed E-state index contributed by atoms with van der Waals surface area (Å²) in [6.07, 6.45) is 3.29. The summed E-state index contributed by atoms with van der Waals surface area (Å²) in [5.74, 6) is -1.12. The van der Waals surface area contributed by atoms with Gasteiger partial charge in [0.25, 0.3) is 11.5 Å². The molecule has 1 atom stereocenters. The molecule has 3 aromatic heterocycles. The van der Waals surface area contributed by atoms with Crippen molar-refractivity contribution in [1.29, 1.82) is 0 Å². The van der Waals surface area contributed by atoms with Gasteiger partial charge >= 0.3 is 5.69 Å². The van der Waals surface area contributed by atoms with Crippen molar-refractivity contribution in [3.63, 3.8) is 0 Å². The van der Waals surface area contributed by atoms with Crippen molar-refractivity contribution < 1.29 is 9.18 Å². The van der Waals surface area contributed by atoms with E-state index in [0.717, 1.165) is 19.3 Å². The molecule has 0 aliphatic heterocycles. The van der Waals surface area contributed by atoms with Gasteiger partial charge in [-0.1, -0.05) is 30.7 Å². The summed E-state index contributed by atoms with van der Waals surface area (Å²) < 4.78 is 16.0. The zero-order valence-electron chi connectivity index (χ0n) is 18.2. The highest BCUT2D eigenvalue weighted by Gasteiger charge is 2.26. The molecule has 173 valence electrons. The van der Waals surface area contributed by atoms with E-state index in [9.17, 15) is 18.8 Å². The normalized spacial score (nSPS) is 14.7. The number of imidazole rings is 1. The first-order chi connectivity index (χ1) is 16.4. The summed E-state index contributed by atoms with van der Waals surface area (Å²) >= 11 is 0. The van der Waals surface area contributed by atoms with Crippen LogP contribution < -0.4 is 17.0 Å². The number of pyridine rings is 1. The third kappa shape index (κ3) is 4.02. The molecule has 10 heteroatoms. The molecule has 9 nitrogen and oxygen atoms in total. The van der Waals surface area contributed by atoms with Crippen LogP contribution in [0.25, 0.3) is 11.2 Å². The van der Waals surface area contributed by atoms with E-state index < -0.39 is 28.9 Å². The predicted octanol–water partition coefficient (Wildman–Crippen LogP) is 2.02. The van der Waals surface area contributed by atoms with Gasteiger partial charge in [-0.2, -0.15) is 0 Å². The molecule has 1 fully saturated rings. The molecule has 1 radical (unpaired) electrons. The Balaban J connectivity index is 1.66. The number of rotatable bonds is 7. The minimum Gasteiger partial charge on any atom is -0.364 e. The number of aromatic nitrogens is 5. The summed E-state index contributed by atoms with van der Waals surface area (Å²) in [5, 5.41) is 0. The van der Waals surface area contributed by atoms with E-state index in [2.05, 4.69) is 26.0 Å². The Morgan fingerprint density at radius 1 is 1.21 bits per heavy atom. The highest BCUT2D eigenvalue weighted by atomic mass is 19.1. The van der Waals surface area contributed by atoms with Crippen molar-refractivity contribution >= 4 is 17.1 Å². The van der Waals surface area contributed by atoms with Gasteiger partial charge in [-0.3, -0.25) is 19.1 Å². The molecule has 0 spiro atoms. The minimum absolute atomic E-state index is 0.0631. The van der Waals surface area contributed by atoms with E-state index in [1.54, 1.807) is 24.3 Å². The van der Waals surface area contributed by atoms with Crippen LogP contribution in [0.4, 0.5) is 4.39 Å². The van der Waals surface area contributed by atoms with Crippen molar-refractivity contribution in [2.75, 3.05) is 0 Å². The smallest absolute Gasteiger partial charge is 0.330 e. The lowest BCUT2D eigenvalue weighted by Crippen LogP contribution is -2.33. The molecule has 4 N–H and O–H groups in total. The zero-order chi connectivity index (χ0) is 23.8. The molecule has 1 unspecified atom stereocenters. The van der Waals surface area contributed by atoms with Gasteiger partial charge in [-0.25, -0.2) is 19.2 Å². The van der Waals surface area contributed by atoms with E-state index in [1.165, 1.54) is 16.7 Å². The molecule has 1 saturated carbocycles. The number of benzene rings is 1. The van der Waals surface area contributed by atoms with Gasteiger partial charge < -0.3 is 10.7 Å². The monoisotopic (exact) mass is 461 g/mol. The fraction of sp³-hybridized carbons (Fsp3) is 0.292. The molecule has 0 saturated heterocycles. The van der Waals surface area contributed by atoms with Crippen molar-refractivity contribution in [3.8, 4) is 0 Å². The van der Waals surface area contributed by atoms with Gasteiger partial charge in [0, 0.05) is 12.6 Å². The van der Waals surface area contributed by atoms with Crippen molar-refractivity contribution in [1.82, 2.24) is 24.5 Å². The molecule has 34 heavy (non-hydrogen) atoms. The third-order valence-corrected chi connectivity index (χ3v) is 6.33. The average molecular weight is 461 g/mol. The number of fused-ring (bicyclic) bond motifs is 1. The van der Waals surface area contributed by atoms with E-state index in [0.29, 0.717) is 29.5 Å². The Kier molecular flexibility index (Phi) is 5.56.